The highest BCUT2D eigenvalue weighted by Gasteiger charge is 2.24. The lowest BCUT2D eigenvalue weighted by Crippen LogP contribution is -2.41. The van der Waals surface area contributed by atoms with Gasteiger partial charge in [0, 0.05) is 26.2 Å². The normalized spacial score (nSPS) is 15.1. The molecule has 1 aliphatic heterocycles. The molecule has 0 unspecified atom stereocenters. The Hall–Kier alpha value is -2.77. The Morgan fingerprint density at radius 3 is 2.65 bits per heavy atom. The Morgan fingerprint density at radius 1 is 1.23 bits per heavy atom. The molecule has 8 heteroatoms. The lowest BCUT2D eigenvalue weighted by molar-refractivity contribution is 0.182. The van der Waals surface area contributed by atoms with Crippen molar-refractivity contribution >= 4 is 11.8 Å². The van der Waals surface area contributed by atoms with Crippen LogP contribution in [0.2, 0.25) is 0 Å². The van der Waals surface area contributed by atoms with E-state index in [0.717, 1.165) is 16.8 Å². The summed E-state index contributed by atoms with van der Waals surface area (Å²) in [6, 6.07) is 6.00. The van der Waals surface area contributed by atoms with Gasteiger partial charge in [0.15, 0.2) is 5.82 Å². The standard InChI is InChI=1S/C18H20F2N4O2/c1-23-17(25)5-4-16(22-23)21-18(26)24-8-6-12(7-9-24)10-13-11-14(19)2-3-15(13)20/h2-5,11-12H,6-10H2,1H3,(H,21,22,26). The van der Waals surface area contributed by atoms with Gasteiger partial charge in [0.1, 0.15) is 11.6 Å². The Labute approximate surface area is 149 Å². The number of aryl methyl sites for hydroxylation is 1. The average Bonchev–Trinajstić information content (AvgIpc) is 2.62. The number of urea groups is 1. The van der Waals surface area contributed by atoms with Gasteiger partial charge in [0.25, 0.3) is 5.56 Å². The molecule has 1 saturated heterocycles. The number of nitrogens with zero attached hydrogens (tertiary/aromatic N) is 3. The van der Waals surface area contributed by atoms with Crippen LogP contribution >= 0.6 is 0 Å². The number of piperidine rings is 1. The van der Waals surface area contributed by atoms with E-state index in [1.807, 2.05) is 0 Å². The van der Waals surface area contributed by atoms with E-state index in [1.54, 1.807) is 4.90 Å². The molecule has 0 spiro atoms. The second kappa shape index (κ2) is 7.63. The maximum atomic E-state index is 13.8. The van der Waals surface area contributed by atoms with Crippen molar-refractivity contribution in [1.82, 2.24) is 14.7 Å². The highest BCUT2D eigenvalue weighted by atomic mass is 19.1. The molecule has 1 aromatic heterocycles. The smallest absolute Gasteiger partial charge is 0.323 e. The monoisotopic (exact) mass is 362 g/mol. The molecule has 2 aromatic rings. The number of amides is 2. The summed E-state index contributed by atoms with van der Waals surface area (Å²) in [6.07, 6.45) is 1.88. The van der Waals surface area contributed by atoms with E-state index in [1.165, 1.54) is 25.2 Å². The zero-order chi connectivity index (χ0) is 18.7. The van der Waals surface area contributed by atoms with Gasteiger partial charge in [-0.15, -0.1) is 0 Å². The molecule has 0 aliphatic carbocycles. The molecule has 1 aliphatic rings. The fourth-order valence-electron chi connectivity index (χ4n) is 3.11. The fourth-order valence-corrected chi connectivity index (χ4v) is 3.11. The summed E-state index contributed by atoms with van der Waals surface area (Å²) in [5.74, 6) is -0.331. The maximum absolute atomic E-state index is 13.8. The topological polar surface area (TPSA) is 67.2 Å². The molecule has 2 heterocycles. The molecule has 0 saturated carbocycles. The van der Waals surface area contributed by atoms with Crippen molar-refractivity contribution in [2.75, 3.05) is 18.4 Å². The third-order valence-corrected chi connectivity index (χ3v) is 4.61. The van der Waals surface area contributed by atoms with Crippen LogP contribution in [0.1, 0.15) is 18.4 Å². The minimum atomic E-state index is -0.442. The first-order valence-corrected chi connectivity index (χ1v) is 8.46. The van der Waals surface area contributed by atoms with Crippen molar-refractivity contribution < 1.29 is 13.6 Å². The van der Waals surface area contributed by atoms with Gasteiger partial charge in [0.05, 0.1) is 0 Å². The van der Waals surface area contributed by atoms with Crippen LogP contribution in [0.3, 0.4) is 0 Å². The average molecular weight is 362 g/mol. The third-order valence-electron chi connectivity index (χ3n) is 4.61. The summed E-state index contributed by atoms with van der Waals surface area (Å²) in [7, 11) is 1.51. The number of anilines is 1. The molecule has 26 heavy (non-hydrogen) atoms. The van der Waals surface area contributed by atoms with Crippen molar-refractivity contribution in [3.63, 3.8) is 0 Å². The van der Waals surface area contributed by atoms with Crippen LogP contribution in [0.4, 0.5) is 19.4 Å². The molecular weight excluding hydrogens is 342 g/mol. The van der Waals surface area contributed by atoms with Crippen molar-refractivity contribution in [2.24, 2.45) is 13.0 Å². The van der Waals surface area contributed by atoms with E-state index >= 15 is 0 Å². The van der Waals surface area contributed by atoms with Gasteiger partial charge in [-0.1, -0.05) is 0 Å². The lowest BCUT2D eigenvalue weighted by Gasteiger charge is -2.32. The number of benzene rings is 1. The molecule has 0 radical (unpaired) electrons. The number of hydrogen-bond donors (Lipinski definition) is 1. The number of rotatable bonds is 3. The number of halogens is 2. The van der Waals surface area contributed by atoms with Gasteiger partial charge in [-0.05, 0) is 55.0 Å². The van der Waals surface area contributed by atoms with Crippen LogP contribution in [-0.4, -0.2) is 33.8 Å². The van der Waals surface area contributed by atoms with E-state index < -0.39 is 11.6 Å². The minimum absolute atomic E-state index is 0.200. The highest BCUT2D eigenvalue weighted by Crippen LogP contribution is 2.24. The summed E-state index contributed by atoms with van der Waals surface area (Å²) in [6.45, 7) is 1.05. The lowest BCUT2D eigenvalue weighted by atomic mass is 9.90. The fraction of sp³-hybridized carbons (Fsp3) is 0.389. The molecule has 6 nitrogen and oxygen atoms in total. The second-order valence-electron chi connectivity index (χ2n) is 6.48. The number of carbonyl (C=O) groups is 1. The molecule has 0 atom stereocenters. The van der Waals surface area contributed by atoms with Crippen LogP contribution in [0.15, 0.2) is 35.1 Å². The predicted molar refractivity (Wildman–Crippen MR) is 92.9 cm³/mol. The van der Waals surface area contributed by atoms with Gasteiger partial charge in [-0.25, -0.2) is 18.3 Å². The molecule has 3 rings (SSSR count). The molecule has 0 bridgehead atoms. The van der Waals surface area contributed by atoms with Crippen molar-refractivity contribution in [3.8, 4) is 0 Å². The Bertz CT molecular complexity index is 861. The van der Waals surface area contributed by atoms with E-state index in [-0.39, 0.29) is 17.5 Å². The summed E-state index contributed by atoms with van der Waals surface area (Å²) >= 11 is 0. The maximum Gasteiger partial charge on any atom is 0.323 e. The molecular formula is C18H20F2N4O2. The van der Waals surface area contributed by atoms with E-state index in [0.29, 0.717) is 43.7 Å². The number of hydrogen-bond acceptors (Lipinski definition) is 3. The largest absolute Gasteiger partial charge is 0.324 e. The Kier molecular flexibility index (Phi) is 5.29. The van der Waals surface area contributed by atoms with Crippen LogP contribution in [0.25, 0.3) is 0 Å². The molecule has 1 aromatic carbocycles. The number of aromatic nitrogens is 2. The highest BCUT2D eigenvalue weighted by molar-refractivity contribution is 5.88. The Morgan fingerprint density at radius 2 is 1.96 bits per heavy atom. The van der Waals surface area contributed by atoms with E-state index in [4.69, 9.17) is 0 Å². The summed E-state index contributed by atoms with van der Waals surface area (Å²) in [5.41, 5.74) is 0.121. The minimum Gasteiger partial charge on any atom is -0.324 e. The molecule has 138 valence electrons. The van der Waals surface area contributed by atoms with Gasteiger partial charge >= 0.3 is 6.03 Å². The Balaban J connectivity index is 1.54. The van der Waals surface area contributed by atoms with Gasteiger partial charge in [0.2, 0.25) is 0 Å². The van der Waals surface area contributed by atoms with Crippen molar-refractivity contribution in [2.45, 2.75) is 19.3 Å². The SMILES string of the molecule is Cn1nc(NC(=O)N2CCC(Cc3cc(F)ccc3F)CC2)ccc1=O. The second-order valence-corrected chi connectivity index (χ2v) is 6.48. The third kappa shape index (κ3) is 4.25. The van der Waals surface area contributed by atoms with E-state index in [2.05, 4.69) is 10.4 Å². The zero-order valence-electron chi connectivity index (χ0n) is 14.4. The van der Waals surface area contributed by atoms with Crippen molar-refractivity contribution in [3.05, 3.63) is 57.9 Å². The predicted octanol–water partition coefficient (Wildman–Crippen LogP) is 2.55. The molecule has 1 N–H and O–H groups in total. The van der Waals surface area contributed by atoms with Gasteiger partial charge in [-0.2, -0.15) is 5.10 Å². The zero-order valence-corrected chi connectivity index (χ0v) is 14.4. The number of likely N-dealkylation sites (tertiary alicyclic amines) is 1. The van der Waals surface area contributed by atoms with Crippen LogP contribution < -0.4 is 10.9 Å². The van der Waals surface area contributed by atoms with Crippen molar-refractivity contribution in [1.29, 1.82) is 0 Å². The quantitative estimate of drug-likeness (QED) is 0.912. The van der Waals surface area contributed by atoms with Crippen LogP contribution in [0, 0.1) is 17.6 Å². The first-order valence-electron chi connectivity index (χ1n) is 8.46. The first-order chi connectivity index (χ1) is 12.4. The van der Waals surface area contributed by atoms with Crippen LogP contribution in [0.5, 0.6) is 0 Å². The van der Waals surface area contributed by atoms with E-state index in [9.17, 15) is 18.4 Å². The van der Waals surface area contributed by atoms with Gasteiger partial charge < -0.3 is 4.90 Å². The van der Waals surface area contributed by atoms with Gasteiger partial charge in [-0.3, -0.25) is 10.1 Å². The number of nitrogens with one attached hydrogen (secondary N) is 1. The molecule has 1 fully saturated rings. The first kappa shape index (κ1) is 18.0. The summed E-state index contributed by atoms with van der Waals surface area (Å²) in [4.78, 5) is 25.3. The molecule has 2 amide bonds. The van der Waals surface area contributed by atoms with Crippen LogP contribution in [-0.2, 0) is 13.5 Å². The summed E-state index contributed by atoms with van der Waals surface area (Å²) < 4.78 is 28.2. The number of carbonyl (C=O) groups excluding carboxylic acids is 1. The summed E-state index contributed by atoms with van der Waals surface area (Å²) in [5, 5.41) is 6.63.